The lowest BCUT2D eigenvalue weighted by atomic mass is 9.79. The summed E-state index contributed by atoms with van der Waals surface area (Å²) in [6.45, 7) is 0. The van der Waals surface area contributed by atoms with E-state index in [4.69, 9.17) is 0 Å². The van der Waals surface area contributed by atoms with Crippen molar-refractivity contribution in [2.75, 3.05) is 0 Å². The summed E-state index contributed by atoms with van der Waals surface area (Å²) in [5.74, 6) is 0. The van der Waals surface area contributed by atoms with Gasteiger partial charge in [-0.2, -0.15) is 10.5 Å². The molecule has 0 unspecified atom stereocenters. The number of nitriles is 2. The maximum atomic E-state index is 9.63. The van der Waals surface area contributed by atoms with Crippen molar-refractivity contribution in [3.63, 3.8) is 0 Å². The summed E-state index contributed by atoms with van der Waals surface area (Å²) in [6, 6.07) is 12.0. The van der Waals surface area contributed by atoms with E-state index in [1.54, 1.807) is 0 Å². The maximum absolute atomic E-state index is 9.63. The predicted molar refractivity (Wildman–Crippen MR) is 82.8 cm³/mol. The molecule has 0 atom stereocenters. The predicted octanol–water partition coefficient (Wildman–Crippen LogP) is 3.98. The number of benzene rings is 1. The Bertz CT molecular complexity index is 786. The Kier molecular flexibility index (Phi) is 3.14. The fourth-order valence-corrected chi connectivity index (χ4v) is 2.61. The molecule has 0 heterocycles. The Hall–Kier alpha value is -3.10. The third kappa shape index (κ3) is 2.04. The summed E-state index contributed by atoms with van der Waals surface area (Å²) in [7, 11) is 0. The van der Waals surface area contributed by atoms with Crippen molar-refractivity contribution in [3.8, 4) is 12.1 Å². The molecule has 0 radical (unpaired) electrons. The summed E-state index contributed by atoms with van der Waals surface area (Å²) < 4.78 is 0. The largest absolute Gasteiger partial charge is 0.196 e. The zero-order valence-corrected chi connectivity index (χ0v) is 11.3. The van der Waals surface area contributed by atoms with Crippen LogP contribution in [0.25, 0.3) is 6.08 Å². The monoisotopic (exact) mass is 268 g/mol. The number of hydrogen-bond acceptors (Lipinski definition) is 2. The molecule has 2 aliphatic carbocycles. The van der Waals surface area contributed by atoms with E-state index in [2.05, 4.69) is 12.1 Å². The molecule has 0 aliphatic heterocycles. The molecule has 0 fully saturated rings. The summed E-state index contributed by atoms with van der Waals surface area (Å²) in [6.07, 6.45) is 15.5. The molecule has 21 heavy (non-hydrogen) atoms. The third-order valence-corrected chi connectivity index (χ3v) is 3.68. The molecule has 0 N–H and O–H groups in total. The normalized spacial score (nSPS) is 17.4. The summed E-state index contributed by atoms with van der Waals surface area (Å²) in [5, 5.41) is 19.3. The average molecular weight is 268 g/mol. The van der Waals surface area contributed by atoms with Gasteiger partial charge in [-0.05, 0) is 34.4 Å². The minimum absolute atomic E-state index is 0.722. The van der Waals surface area contributed by atoms with Crippen molar-refractivity contribution in [2.45, 2.75) is 5.41 Å². The highest BCUT2D eigenvalue weighted by molar-refractivity contribution is 5.78. The van der Waals surface area contributed by atoms with Gasteiger partial charge in [0.2, 0.25) is 0 Å². The topological polar surface area (TPSA) is 47.6 Å². The number of fused-ring (bicyclic) bond motifs is 1. The van der Waals surface area contributed by atoms with Crippen LogP contribution in [-0.2, 0) is 5.41 Å². The van der Waals surface area contributed by atoms with Gasteiger partial charge in [0.1, 0.15) is 0 Å². The van der Waals surface area contributed by atoms with Gasteiger partial charge in [-0.25, -0.2) is 0 Å². The van der Waals surface area contributed by atoms with Gasteiger partial charge in [0, 0.05) is 0 Å². The third-order valence-electron chi connectivity index (χ3n) is 3.68. The molecular weight excluding hydrogens is 256 g/mol. The first kappa shape index (κ1) is 12.9. The van der Waals surface area contributed by atoms with Crippen molar-refractivity contribution >= 4 is 6.08 Å². The Morgan fingerprint density at radius 2 is 1.57 bits per heavy atom. The van der Waals surface area contributed by atoms with Crippen LogP contribution in [0, 0.1) is 22.7 Å². The molecule has 98 valence electrons. The van der Waals surface area contributed by atoms with Crippen molar-refractivity contribution < 1.29 is 0 Å². The standard InChI is InChI=1S/C19H12N2/c20-13-19(14-21)17(11-15-7-3-1-2-4-8-15)12-16-9-5-6-10-18(16)19/h1-12H. The Morgan fingerprint density at radius 1 is 0.905 bits per heavy atom. The Balaban J connectivity index is 2.14. The van der Waals surface area contributed by atoms with Gasteiger partial charge in [-0.15, -0.1) is 0 Å². The molecule has 0 saturated carbocycles. The SMILES string of the molecule is N#CC1(C#N)C(C=C2C=CC=CC=C2)=Cc2ccccc21. The summed E-state index contributed by atoms with van der Waals surface area (Å²) in [5.41, 5.74) is 2.17. The van der Waals surface area contributed by atoms with Crippen molar-refractivity contribution in [2.24, 2.45) is 0 Å². The van der Waals surface area contributed by atoms with E-state index in [1.165, 1.54) is 0 Å². The van der Waals surface area contributed by atoms with Gasteiger partial charge < -0.3 is 0 Å². The van der Waals surface area contributed by atoms with E-state index in [0.29, 0.717) is 0 Å². The first-order chi connectivity index (χ1) is 10.3. The van der Waals surface area contributed by atoms with Gasteiger partial charge >= 0.3 is 0 Å². The lowest BCUT2D eigenvalue weighted by Gasteiger charge is -2.16. The molecule has 1 aromatic rings. The Morgan fingerprint density at radius 3 is 2.24 bits per heavy atom. The average Bonchev–Trinajstić information content (AvgIpc) is 2.66. The zero-order valence-electron chi connectivity index (χ0n) is 11.3. The van der Waals surface area contributed by atoms with Crippen LogP contribution in [-0.4, -0.2) is 0 Å². The van der Waals surface area contributed by atoms with Crippen LogP contribution in [0.5, 0.6) is 0 Å². The Labute approximate surface area is 124 Å². The van der Waals surface area contributed by atoms with Crippen molar-refractivity contribution in [1.29, 1.82) is 10.5 Å². The number of rotatable bonds is 1. The lowest BCUT2D eigenvalue weighted by molar-refractivity contribution is 0.869. The van der Waals surface area contributed by atoms with E-state index < -0.39 is 5.41 Å². The van der Waals surface area contributed by atoms with E-state index in [1.807, 2.05) is 72.9 Å². The van der Waals surface area contributed by atoms with E-state index in [0.717, 1.165) is 22.3 Å². The van der Waals surface area contributed by atoms with Crippen molar-refractivity contribution in [1.82, 2.24) is 0 Å². The molecule has 1 aromatic carbocycles. The second-order valence-electron chi connectivity index (χ2n) is 4.91. The molecular formula is C19H12N2. The minimum atomic E-state index is -1.22. The van der Waals surface area contributed by atoms with Crippen molar-refractivity contribution in [3.05, 3.63) is 89.1 Å². The first-order valence-corrected chi connectivity index (χ1v) is 6.67. The number of hydrogen-bond donors (Lipinski definition) is 0. The van der Waals surface area contributed by atoms with E-state index in [-0.39, 0.29) is 0 Å². The molecule has 3 rings (SSSR count). The minimum Gasteiger partial charge on any atom is -0.196 e. The van der Waals surface area contributed by atoms with E-state index >= 15 is 0 Å². The second-order valence-corrected chi connectivity index (χ2v) is 4.91. The molecule has 2 nitrogen and oxygen atoms in total. The van der Waals surface area contributed by atoms with Crippen LogP contribution in [0.4, 0.5) is 0 Å². The number of allylic oxidation sites excluding steroid dienone is 9. The molecule has 2 heteroatoms. The highest BCUT2D eigenvalue weighted by atomic mass is 14.5. The fourth-order valence-electron chi connectivity index (χ4n) is 2.61. The van der Waals surface area contributed by atoms with Crippen LogP contribution in [0.15, 0.2) is 77.9 Å². The van der Waals surface area contributed by atoms with Crippen LogP contribution in [0.1, 0.15) is 11.1 Å². The van der Waals surface area contributed by atoms with Gasteiger partial charge in [0.15, 0.2) is 5.41 Å². The van der Waals surface area contributed by atoms with Gasteiger partial charge in [0.05, 0.1) is 12.1 Å². The second kappa shape index (κ2) is 5.12. The van der Waals surface area contributed by atoms with Gasteiger partial charge in [0.25, 0.3) is 0 Å². The van der Waals surface area contributed by atoms with E-state index in [9.17, 15) is 10.5 Å². The van der Waals surface area contributed by atoms with Crippen LogP contribution < -0.4 is 0 Å². The smallest absolute Gasteiger partial charge is 0.194 e. The highest BCUT2D eigenvalue weighted by Crippen LogP contribution is 2.42. The molecule has 0 saturated heterocycles. The molecule has 0 aromatic heterocycles. The number of nitrogens with zero attached hydrogens (tertiary/aromatic N) is 2. The maximum Gasteiger partial charge on any atom is 0.194 e. The fraction of sp³-hybridized carbons (Fsp3) is 0.0526. The van der Waals surface area contributed by atoms with Gasteiger partial charge in [-0.1, -0.05) is 60.7 Å². The summed E-state index contributed by atoms with van der Waals surface area (Å²) >= 11 is 0. The first-order valence-electron chi connectivity index (χ1n) is 6.67. The van der Waals surface area contributed by atoms with Crippen LogP contribution in [0.3, 0.4) is 0 Å². The quantitative estimate of drug-likeness (QED) is 0.773. The molecule has 0 amide bonds. The lowest BCUT2D eigenvalue weighted by Crippen LogP contribution is -2.21. The highest BCUT2D eigenvalue weighted by Gasteiger charge is 2.41. The molecule has 2 aliphatic rings. The van der Waals surface area contributed by atoms with Crippen LogP contribution in [0.2, 0.25) is 0 Å². The molecule has 0 bridgehead atoms. The summed E-state index contributed by atoms with van der Waals surface area (Å²) in [4.78, 5) is 0. The molecule has 0 spiro atoms. The van der Waals surface area contributed by atoms with Gasteiger partial charge in [-0.3, -0.25) is 0 Å². The van der Waals surface area contributed by atoms with Crippen LogP contribution >= 0.6 is 0 Å². The zero-order chi connectivity index (χ0) is 14.7.